The van der Waals surface area contributed by atoms with Crippen LogP contribution in [0.15, 0.2) is 36.5 Å². The van der Waals surface area contributed by atoms with Gasteiger partial charge < -0.3 is 24.9 Å². The highest BCUT2D eigenvalue weighted by molar-refractivity contribution is 7.47. The predicted octanol–water partition coefficient (Wildman–Crippen LogP) is 10.9. The zero-order valence-electron chi connectivity index (χ0n) is 35.6. The SMILES string of the molecule is C/C=C/CC/C=C/CC/C=C/CCCC(O)C(O)C(COP(=O)(O)OCC[N+](C)(C)C)NC(=O)CCCCCCCCCCCCCCCCCCCC. The van der Waals surface area contributed by atoms with Crippen molar-refractivity contribution in [2.24, 2.45) is 0 Å². The minimum atomic E-state index is -4.42. The number of amides is 1. The maximum Gasteiger partial charge on any atom is 0.472 e. The molecule has 0 saturated carbocycles. The van der Waals surface area contributed by atoms with Gasteiger partial charge in [0.2, 0.25) is 5.91 Å². The minimum Gasteiger partial charge on any atom is -0.390 e. The summed E-state index contributed by atoms with van der Waals surface area (Å²) in [6.45, 7) is 4.36. The Balaban J connectivity index is 4.50. The van der Waals surface area contributed by atoms with Gasteiger partial charge in [-0.1, -0.05) is 153 Å². The summed E-state index contributed by atoms with van der Waals surface area (Å²) >= 11 is 0. The van der Waals surface area contributed by atoms with Crippen molar-refractivity contribution in [3.05, 3.63) is 36.5 Å². The molecule has 0 rings (SSSR count). The zero-order chi connectivity index (χ0) is 40.2. The average Bonchev–Trinajstić information content (AvgIpc) is 3.12. The first-order valence-electron chi connectivity index (χ1n) is 21.9. The van der Waals surface area contributed by atoms with Crippen molar-refractivity contribution in [3.63, 3.8) is 0 Å². The van der Waals surface area contributed by atoms with Crippen LogP contribution < -0.4 is 5.32 Å². The molecule has 0 aromatic rings. The molecule has 0 spiro atoms. The van der Waals surface area contributed by atoms with Crippen LogP contribution in [0.3, 0.4) is 0 Å². The van der Waals surface area contributed by atoms with Crippen LogP contribution in [0.2, 0.25) is 0 Å². The van der Waals surface area contributed by atoms with E-state index in [1.807, 2.05) is 28.1 Å². The van der Waals surface area contributed by atoms with Crippen LogP contribution in [0.1, 0.15) is 181 Å². The number of unbranched alkanes of at least 4 members (excludes halogenated alkanes) is 20. The third kappa shape index (κ3) is 36.3. The number of aliphatic hydroxyl groups excluding tert-OH is 2. The van der Waals surface area contributed by atoms with Crippen LogP contribution >= 0.6 is 7.82 Å². The molecule has 0 aliphatic rings. The number of nitrogens with zero attached hydrogens (tertiary/aromatic N) is 1. The van der Waals surface area contributed by atoms with Crippen molar-refractivity contribution >= 4 is 13.7 Å². The number of carbonyl (C=O) groups is 1. The zero-order valence-corrected chi connectivity index (χ0v) is 36.5. The molecule has 1 amide bonds. The van der Waals surface area contributed by atoms with Crippen molar-refractivity contribution in [1.29, 1.82) is 0 Å². The molecular weight excluding hydrogens is 699 g/mol. The van der Waals surface area contributed by atoms with Crippen molar-refractivity contribution in [3.8, 4) is 0 Å². The van der Waals surface area contributed by atoms with E-state index in [1.165, 1.54) is 96.3 Å². The van der Waals surface area contributed by atoms with Crippen LogP contribution in [-0.4, -0.2) is 84.6 Å². The highest BCUT2D eigenvalue weighted by Gasteiger charge is 2.31. The van der Waals surface area contributed by atoms with Crippen molar-refractivity contribution in [2.75, 3.05) is 40.9 Å². The lowest BCUT2D eigenvalue weighted by atomic mass is 10.0. The third-order valence-electron chi connectivity index (χ3n) is 9.78. The van der Waals surface area contributed by atoms with Gasteiger partial charge in [-0.25, -0.2) is 4.57 Å². The number of aliphatic hydroxyl groups is 2. The first kappa shape index (κ1) is 52.7. The van der Waals surface area contributed by atoms with Gasteiger partial charge in [0, 0.05) is 6.42 Å². The summed E-state index contributed by atoms with van der Waals surface area (Å²) in [6.07, 6.45) is 39.4. The maximum atomic E-state index is 12.9. The number of quaternary nitrogens is 1. The lowest BCUT2D eigenvalue weighted by Gasteiger charge is -2.28. The molecular formula is C44H86N2O7P+. The number of phosphoric ester groups is 1. The number of nitrogens with one attached hydrogen (secondary N) is 1. The molecule has 318 valence electrons. The molecule has 0 fully saturated rings. The van der Waals surface area contributed by atoms with E-state index in [2.05, 4.69) is 48.7 Å². The topological polar surface area (TPSA) is 125 Å². The second-order valence-electron chi connectivity index (χ2n) is 16.2. The van der Waals surface area contributed by atoms with Crippen LogP contribution in [0.4, 0.5) is 0 Å². The van der Waals surface area contributed by atoms with E-state index in [9.17, 15) is 24.5 Å². The molecule has 10 heteroatoms. The molecule has 0 aliphatic carbocycles. The molecule has 0 aliphatic heterocycles. The molecule has 0 aromatic heterocycles. The fraction of sp³-hybridized carbons (Fsp3) is 0.841. The number of likely N-dealkylation sites (N-methyl/N-ethyl adjacent to an activating group) is 1. The standard InChI is InChI=1S/C44H85N2O7P/c1-6-8-10-12-14-16-18-20-21-22-23-24-25-27-29-31-33-35-37-43(48)45-41(40-53-54(50,51)52-39-38-46(3,4)5)44(49)42(47)36-34-32-30-28-26-19-17-15-13-11-9-7-2/h7,9,15,17,28,30,41-42,44,47,49H,6,8,10-14,16,18-27,29,31-40H2,1-5H3,(H-,45,48,50,51)/p+1/b9-7+,17-15+,30-28+. The molecule has 0 bridgehead atoms. The van der Waals surface area contributed by atoms with E-state index in [0.29, 0.717) is 23.9 Å². The van der Waals surface area contributed by atoms with Gasteiger partial charge in [0.05, 0.1) is 39.9 Å². The third-order valence-corrected chi connectivity index (χ3v) is 10.8. The first-order valence-corrected chi connectivity index (χ1v) is 23.4. The summed E-state index contributed by atoms with van der Waals surface area (Å²) in [5.41, 5.74) is 0. The number of rotatable bonds is 39. The highest BCUT2D eigenvalue weighted by atomic mass is 31.2. The summed E-state index contributed by atoms with van der Waals surface area (Å²) in [4.78, 5) is 23.1. The van der Waals surface area contributed by atoms with Crippen molar-refractivity contribution in [2.45, 2.75) is 199 Å². The van der Waals surface area contributed by atoms with Gasteiger partial charge in [0.1, 0.15) is 19.3 Å². The molecule has 0 heterocycles. The monoisotopic (exact) mass is 786 g/mol. The fourth-order valence-corrected chi connectivity index (χ4v) is 6.98. The Morgan fingerprint density at radius 1 is 0.667 bits per heavy atom. The minimum absolute atomic E-state index is 0.0131. The molecule has 0 saturated heterocycles. The van der Waals surface area contributed by atoms with Crippen LogP contribution in [0, 0.1) is 0 Å². The Labute approximate surface area is 332 Å². The number of phosphoric acid groups is 1. The highest BCUT2D eigenvalue weighted by Crippen LogP contribution is 2.43. The second-order valence-corrected chi connectivity index (χ2v) is 17.7. The Bertz CT molecular complexity index is 998. The Morgan fingerprint density at radius 3 is 1.57 bits per heavy atom. The number of allylic oxidation sites excluding steroid dienone is 6. The molecule has 0 aromatic carbocycles. The van der Waals surface area contributed by atoms with Gasteiger partial charge in [-0.15, -0.1) is 0 Å². The number of hydrogen-bond donors (Lipinski definition) is 4. The van der Waals surface area contributed by atoms with E-state index in [4.69, 9.17) is 9.05 Å². The fourth-order valence-electron chi connectivity index (χ4n) is 6.24. The maximum absolute atomic E-state index is 12.9. The smallest absolute Gasteiger partial charge is 0.390 e. The van der Waals surface area contributed by atoms with E-state index in [1.54, 1.807) is 0 Å². The lowest BCUT2D eigenvalue weighted by Crippen LogP contribution is -2.51. The summed E-state index contributed by atoms with van der Waals surface area (Å²) in [6, 6.07) is -1.05. The summed E-state index contributed by atoms with van der Waals surface area (Å²) in [5, 5.41) is 24.6. The van der Waals surface area contributed by atoms with Crippen molar-refractivity contribution in [1.82, 2.24) is 5.32 Å². The van der Waals surface area contributed by atoms with Crippen LogP contribution in [0.25, 0.3) is 0 Å². The van der Waals surface area contributed by atoms with E-state index < -0.39 is 32.7 Å². The van der Waals surface area contributed by atoms with Gasteiger partial charge in [-0.3, -0.25) is 13.8 Å². The van der Waals surface area contributed by atoms with Gasteiger partial charge in [0.15, 0.2) is 0 Å². The average molecular weight is 786 g/mol. The van der Waals surface area contributed by atoms with Crippen LogP contribution in [0.5, 0.6) is 0 Å². The normalized spacial score (nSPS) is 15.3. The summed E-state index contributed by atoms with van der Waals surface area (Å²) in [7, 11) is 1.40. The summed E-state index contributed by atoms with van der Waals surface area (Å²) in [5.74, 6) is -0.274. The molecule has 4 N–H and O–H groups in total. The molecule has 4 unspecified atom stereocenters. The van der Waals surface area contributed by atoms with Crippen molar-refractivity contribution < 1.29 is 38.0 Å². The quantitative estimate of drug-likeness (QED) is 0.0212. The van der Waals surface area contributed by atoms with Gasteiger partial charge >= 0.3 is 7.82 Å². The predicted molar refractivity (Wildman–Crippen MR) is 227 cm³/mol. The largest absolute Gasteiger partial charge is 0.472 e. The molecule has 4 atom stereocenters. The van der Waals surface area contributed by atoms with Gasteiger partial charge in [-0.05, 0) is 58.3 Å². The first-order chi connectivity index (χ1) is 25.9. The number of hydrogen-bond acceptors (Lipinski definition) is 6. The Kier molecular flexibility index (Phi) is 35.2. The van der Waals surface area contributed by atoms with E-state index in [0.717, 1.165) is 51.4 Å². The Morgan fingerprint density at radius 2 is 1.11 bits per heavy atom. The summed E-state index contributed by atoms with van der Waals surface area (Å²) < 4.78 is 23.4. The Hall–Kier alpha value is -1.32. The lowest BCUT2D eigenvalue weighted by molar-refractivity contribution is -0.870. The molecule has 0 radical (unpaired) electrons. The van der Waals surface area contributed by atoms with E-state index in [-0.39, 0.29) is 18.9 Å². The second kappa shape index (κ2) is 36.0. The number of carbonyl (C=O) groups excluding carboxylic acids is 1. The van der Waals surface area contributed by atoms with Gasteiger partial charge in [-0.2, -0.15) is 0 Å². The molecule has 54 heavy (non-hydrogen) atoms. The van der Waals surface area contributed by atoms with Crippen LogP contribution in [-0.2, 0) is 18.4 Å². The molecule has 9 nitrogen and oxygen atoms in total. The van der Waals surface area contributed by atoms with E-state index >= 15 is 0 Å². The van der Waals surface area contributed by atoms with Gasteiger partial charge in [0.25, 0.3) is 0 Å².